The van der Waals surface area contributed by atoms with Gasteiger partial charge in [0.05, 0.1) is 12.2 Å². The lowest BCUT2D eigenvalue weighted by Crippen LogP contribution is -2.47. The summed E-state index contributed by atoms with van der Waals surface area (Å²) in [6.45, 7) is 20.9. The minimum absolute atomic E-state index is 0.0239. The molecule has 1 aliphatic carbocycles. The van der Waals surface area contributed by atoms with Crippen LogP contribution in [0.15, 0.2) is 42.0 Å². The van der Waals surface area contributed by atoms with Crippen molar-refractivity contribution < 1.29 is 18.7 Å². The van der Waals surface area contributed by atoms with E-state index in [1.54, 1.807) is 0 Å². The zero-order chi connectivity index (χ0) is 27.7. The molecule has 1 N–H and O–H groups in total. The Bertz CT molecular complexity index is 806. The van der Waals surface area contributed by atoms with Crippen molar-refractivity contribution in [3.05, 3.63) is 42.0 Å². The molecule has 4 nitrogen and oxygen atoms in total. The van der Waals surface area contributed by atoms with Crippen molar-refractivity contribution in [2.75, 3.05) is 6.61 Å². The lowest BCUT2D eigenvalue weighted by atomic mass is 9.90. The summed E-state index contributed by atoms with van der Waals surface area (Å²) in [4.78, 5) is 0. The summed E-state index contributed by atoms with van der Waals surface area (Å²) in [5, 5.41) is 9.76. The van der Waals surface area contributed by atoms with Crippen molar-refractivity contribution in [3.8, 4) is 5.75 Å². The fourth-order valence-corrected chi connectivity index (χ4v) is 9.61. The van der Waals surface area contributed by atoms with Crippen molar-refractivity contribution in [2.24, 2.45) is 5.92 Å². The third-order valence-corrected chi connectivity index (χ3v) is 18.3. The van der Waals surface area contributed by atoms with Crippen LogP contribution in [-0.2, 0) is 8.85 Å². The molecule has 6 heteroatoms. The summed E-state index contributed by atoms with van der Waals surface area (Å²) in [5.41, 5.74) is 1.50. The molecule has 1 aromatic rings. The van der Waals surface area contributed by atoms with Gasteiger partial charge in [0.25, 0.3) is 0 Å². The maximum atomic E-state index is 9.62. The number of aliphatic hydroxyl groups is 1. The van der Waals surface area contributed by atoms with Gasteiger partial charge >= 0.3 is 0 Å². The zero-order valence-electron chi connectivity index (χ0n) is 25.3. The standard InChI is InChI=1S/C31H56O4Si2/c1-10-37(11-2,12-3)35-30-23-21-26(28(30)19-16-24-32)20-22-29(34-36(8,9)31(5,6)7)25(4)33-27-17-14-13-15-18-27/h13-15,17-18,21,25,28-30,32H,10-12,16,19-20,22-24H2,1-9H3. The van der Waals surface area contributed by atoms with Gasteiger partial charge in [0.1, 0.15) is 11.9 Å². The number of ether oxygens (including phenoxy) is 1. The van der Waals surface area contributed by atoms with E-state index in [0.717, 1.165) is 37.9 Å². The average molecular weight is 549 g/mol. The van der Waals surface area contributed by atoms with Crippen molar-refractivity contribution in [1.82, 2.24) is 0 Å². The molecule has 212 valence electrons. The first-order chi connectivity index (χ1) is 17.4. The third-order valence-electron chi connectivity index (χ3n) is 9.10. The second-order valence-electron chi connectivity index (χ2n) is 12.5. The molecule has 0 fully saturated rings. The van der Waals surface area contributed by atoms with Crippen LogP contribution in [0, 0.1) is 5.92 Å². The third kappa shape index (κ3) is 9.06. The highest BCUT2D eigenvalue weighted by Gasteiger charge is 2.42. The largest absolute Gasteiger partial charge is 0.488 e. The van der Waals surface area contributed by atoms with Crippen LogP contribution in [0.2, 0.25) is 36.3 Å². The summed E-state index contributed by atoms with van der Waals surface area (Å²) < 4.78 is 20.4. The number of benzene rings is 1. The smallest absolute Gasteiger partial charge is 0.192 e. The van der Waals surface area contributed by atoms with Gasteiger partial charge in [-0.2, -0.15) is 0 Å². The van der Waals surface area contributed by atoms with Crippen LogP contribution in [0.1, 0.15) is 80.6 Å². The number of hydrogen-bond acceptors (Lipinski definition) is 4. The van der Waals surface area contributed by atoms with Crippen LogP contribution < -0.4 is 4.74 Å². The molecule has 37 heavy (non-hydrogen) atoms. The maximum absolute atomic E-state index is 9.62. The van der Waals surface area contributed by atoms with Crippen LogP contribution in [-0.4, -0.2) is 46.7 Å². The fraction of sp³-hybridized carbons (Fsp3) is 0.742. The van der Waals surface area contributed by atoms with E-state index in [9.17, 15) is 5.11 Å². The van der Waals surface area contributed by atoms with Crippen molar-refractivity contribution in [3.63, 3.8) is 0 Å². The molecule has 0 radical (unpaired) electrons. The Balaban J connectivity index is 2.19. The van der Waals surface area contributed by atoms with E-state index in [1.807, 2.05) is 30.3 Å². The molecule has 0 spiro atoms. The summed E-state index contributed by atoms with van der Waals surface area (Å²) in [5.74, 6) is 1.30. The minimum atomic E-state index is -1.97. The van der Waals surface area contributed by atoms with Gasteiger partial charge in [0, 0.05) is 12.5 Å². The molecule has 0 bridgehead atoms. The molecule has 0 aromatic heterocycles. The molecule has 2 rings (SSSR count). The van der Waals surface area contributed by atoms with Crippen LogP contribution in [0.25, 0.3) is 0 Å². The molecule has 4 atom stereocenters. The Morgan fingerprint density at radius 1 is 1.03 bits per heavy atom. The molecule has 4 unspecified atom stereocenters. The number of aliphatic hydroxyl groups excluding tert-OH is 1. The van der Waals surface area contributed by atoms with E-state index in [-0.39, 0.29) is 30.0 Å². The molecule has 0 saturated carbocycles. The lowest BCUT2D eigenvalue weighted by Gasteiger charge is -2.41. The van der Waals surface area contributed by atoms with Gasteiger partial charge in [-0.3, -0.25) is 0 Å². The van der Waals surface area contributed by atoms with Crippen molar-refractivity contribution in [1.29, 1.82) is 0 Å². The number of hydrogen-bond donors (Lipinski definition) is 1. The Labute approximate surface area is 230 Å². The first-order valence-corrected chi connectivity index (χ1v) is 20.2. The van der Waals surface area contributed by atoms with Gasteiger partial charge in [-0.05, 0) is 87.4 Å². The highest BCUT2D eigenvalue weighted by atomic mass is 28.4. The van der Waals surface area contributed by atoms with E-state index >= 15 is 0 Å². The second-order valence-corrected chi connectivity index (χ2v) is 22.0. The maximum Gasteiger partial charge on any atom is 0.192 e. The predicted molar refractivity (Wildman–Crippen MR) is 162 cm³/mol. The average Bonchev–Trinajstić information content (AvgIpc) is 3.24. The van der Waals surface area contributed by atoms with E-state index in [2.05, 4.69) is 67.6 Å². The second kappa shape index (κ2) is 14.5. The van der Waals surface area contributed by atoms with Crippen molar-refractivity contribution in [2.45, 2.75) is 135 Å². The summed E-state index contributed by atoms with van der Waals surface area (Å²) >= 11 is 0. The highest BCUT2D eigenvalue weighted by molar-refractivity contribution is 6.74. The van der Waals surface area contributed by atoms with Gasteiger partial charge in [-0.15, -0.1) is 0 Å². The monoisotopic (exact) mass is 548 g/mol. The van der Waals surface area contributed by atoms with E-state index in [0.29, 0.717) is 5.92 Å². The van der Waals surface area contributed by atoms with Gasteiger partial charge < -0.3 is 18.7 Å². The molecular formula is C31H56O4Si2. The Morgan fingerprint density at radius 3 is 2.19 bits per heavy atom. The number of para-hydroxylation sites is 1. The molecule has 0 amide bonds. The zero-order valence-corrected chi connectivity index (χ0v) is 27.3. The molecule has 1 aromatic carbocycles. The lowest BCUT2D eigenvalue weighted by molar-refractivity contribution is 0.0490. The van der Waals surface area contributed by atoms with E-state index < -0.39 is 16.6 Å². The van der Waals surface area contributed by atoms with Gasteiger partial charge in [-0.1, -0.05) is 71.4 Å². The fourth-order valence-electron chi connectivity index (χ4n) is 5.29. The van der Waals surface area contributed by atoms with E-state index in [4.69, 9.17) is 13.6 Å². The normalized spacial score (nSPS) is 20.5. The van der Waals surface area contributed by atoms with Gasteiger partial charge in [-0.25, -0.2) is 0 Å². The molecule has 0 saturated heterocycles. The Kier molecular flexibility index (Phi) is 12.6. The quantitative estimate of drug-likeness (QED) is 0.166. The first kappa shape index (κ1) is 32.3. The predicted octanol–water partition coefficient (Wildman–Crippen LogP) is 8.73. The van der Waals surface area contributed by atoms with E-state index in [1.165, 1.54) is 23.7 Å². The van der Waals surface area contributed by atoms with Crippen LogP contribution in [0.4, 0.5) is 0 Å². The topological polar surface area (TPSA) is 47.9 Å². The number of rotatable bonds is 16. The molecular weight excluding hydrogens is 493 g/mol. The first-order valence-electron chi connectivity index (χ1n) is 14.8. The highest BCUT2D eigenvalue weighted by Crippen LogP contribution is 2.41. The molecule has 1 aliphatic rings. The van der Waals surface area contributed by atoms with Gasteiger partial charge in [0.15, 0.2) is 16.6 Å². The summed E-state index contributed by atoms with van der Waals surface area (Å²) in [6, 6.07) is 13.6. The Morgan fingerprint density at radius 2 is 1.65 bits per heavy atom. The van der Waals surface area contributed by atoms with Crippen LogP contribution >= 0.6 is 0 Å². The van der Waals surface area contributed by atoms with Crippen molar-refractivity contribution >= 4 is 16.6 Å². The molecule has 0 aliphatic heterocycles. The Hall–Kier alpha value is -0.926. The summed E-state index contributed by atoms with van der Waals surface area (Å²) in [7, 11) is -3.66. The minimum Gasteiger partial charge on any atom is -0.488 e. The van der Waals surface area contributed by atoms with Crippen LogP contribution in [0.3, 0.4) is 0 Å². The summed E-state index contributed by atoms with van der Waals surface area (Å²) in [6.07, 6.45) is 7.46. The SMILES string of the molecule is CC[Si](CC)(CC)OC1CC=C(CCC(O[Si](C)(C)C(C)(C)C)C(C)Oc2ccccc2)C1CCCO. The van der Waals surface area contributed by atoms with Crippen LogP contribution in [0.5, 0.6) is 5.75 Å². The molecule has 0 heterocycles. The van der Waals surface area contributed by atoms with Gasteiger partial charge in [0.2, 0.25) is 0 Å².